The molecule has 234 valence electrons. The van der Waals surface area contributed by atoms with Crippen LogP contribution in [0, 0.1) is 17.3 Å². The van der Waals surface area contributed by atoms with Gasteiger partial charge in [0, 0.05) is 0 Å². The molecule has 2 saturated carbocycles. The number of ether oxygens (including phenoxy) is 5. The van der Waals surface area contributed by atoms with E-state index < -0.39 is 30.7 Å². The number of aliphatic hydroxyl groups is 1. The van der Waals surface area contributed by atoms with E-state index in [0.29, 0.717) is 38.3 Å². The summed E-state index contributed by atoms with van der Waals surface area (Å²) in [6.45, 7) is 8.35. The summed E-state index contributed by atoms with van der Waals surface area (Å²) in [5.74, 6) is 1.26. The summed E-state index contributed by atoms with van der Waals surface area (Å²) < 4.78 is 32.2. The van der Waals surface area contributed by atoms with Gasteiger partial charge in [0.2, 0.25) is 0 Å². The maximum Gasteiger partial charge on any atom is 0.186 e. The molecular formula is C38H46O6. The number of rotatable bonds is 14. The van der Waals surface area contributed by atoms with Crippen LogP contribution >= 0.6 is 0 Å². The van der Waals surface area contributed by atoms with Crippen molar-refractivity contribution in [3.63, 3.8) is 0 Å². The summed E-state index contributed by atoms with van der Waals surface area (Å²) in [4.78, 5) is 0. The number of aliphatic hydroxyl groups excluding tert-OH is 1. The molecule has 1 heterocycles. The SMILES string of the molecule is C=C(C)[C@H]1CC[C@]2(CO[C@@H]3O[C@H](COCc4ccccc4)[C@@H](OCc4ccccc4)[C@H](OCc4ccccc4)[C@H]3O)C[C@@H]2C1. The van der Waals surface area contributed by atoms with Crippen LogP contribution in [0.15, 0.2) is 103 Å². The first-order chi connectivity index (χ1) is 21.5. The van der Waals surface area contributed by atoms with Crippen LogP contribution in [0.2, 0.25) is 0 Å². The molecule has 0 aromatic heterocycles. The number of allylic oxidation sites excluding steroid dienone is 1. The van der Waals surface area contributed by atoms with E-state index in [1.54, 1.807) is 0 Å². The Morgan fingerprint density at radius 2 is 1.39 bits per heavy atom. The van der Waals surface area contributed by atoms with Crippen LogP contribution in [0.3, 0.4) is 0 Å². The van der Waals surface area contributed by atoms with Gasteiger partial charge in [0.25, 0.3) is 0 Å². The molecule has 2 aliphatic carbocycles. The van der Waals surface area contributed by atoms with Gasteiger partial charge in [-0.15, -0.1) is 0 Å². The number of hydrogen-bond acceptors (Lipinski definition) is 6. The lowest BCUT2D eigenvalue weighted by molar-refractivity contribution is -0.321. The second-order valence-electron chi connectivity index (χ2n) is 12.9. The fourth-order valence-electron chi connectivity index (χ4n) is 6.90. The van der Waals surface area contributed by atoms with E-state index >= 15 is 0 Å². The molecule has 44 heavy (non-hydrogen) atoms. The van der Waals surface area contributed by atoms with Gasteiger partial charge in [-0.2, -0.15) is 0 Å². The molecule has 0 amide bonds. The van der Waals surface area contributed by atoms with Gasteiger partial charge in [0.15, 0.2) is 6.29 Å². The number of hydrogen-bond donors (Lipinski definition) is 1. The topological polar surface area (TPSA) is 66.4 Å². The minimum absolute atomic E-state index is 0.176. The van der Waals surface area contributed by atoms with Gasteiger partial charge in [-0.25, -0.2) is 0 Å². The third-order valence-electron chi connectivity index (χ3n) is 9.73. The molecule has 6 rings (SSSR count). The summed E-state index contributed by atoms with van der Waals surface area (Å²) in [7, 11) is 0. The first-order valence-electron chi connectivity index (χ1n) is 16.0. The number of fused-ring (bicyclic) bond motifs is 1. The van der Waals surface area contributed by atoms with Crippen LogP contribution in [0.4, 0.5) is 0 Å². The van der Waals surface area contributed by atoms with Crippen molar-refractivity contribution in [3.05, 3.63) is 120 Å². The van der Waals surface area contributed by atoms with E-state index in [2.05, 4.69) is 13.5 Å². The Hall–Kier alpha value is -2.84. The Kier molecular flexibility index (Phi) is 10.3. The second-order valence-corrected chi connectivity index (χ2v) is 12.9. The molecule has 3 aromatic rings. The van der Waals surface area contributed by atoms with E-state index in [1.165, 1.54) is 18.4 Å². The molecule has 0 spiro atoms. The molecule has 6 nitrogen and oxygen atoms in total. The van der Waals surface area contributed by atoms with Crippen molar-refractivity contribution in [2.45, 2.75) is 83.1 Å². The maximum atomic E-state index is 11.7. The van der Waals surface area contributed by atoms with Crippen LogP contribution in [-0.4, -0.2) is 49.0 Å². The predicted octanol–water partition coefficient (Wildman–Crippen LogP) is 6.86. The Labute approximate surface area is 261 Å². The predicted molar refractivity (Wildman–Crippen MR) is 169 cm³/mol. The van der Waals surface area contributed by atoms with E-state index in [0.717, 1.165) is 29.5 Å². The van der Waals surface area contributed by atoms with Crippen LogP contribution in [0.5, 0.6) is 0 Å². The number of benzene rings is 3. The molecular weight excluding hydrogens is 552 g/mol. The summed E-state index contributed by atoms with van der Waals surface area (Å²) in [5, 5.41) is 11.7. The smallest absolute Gasteiger partial charge is 0.186 e. The Morgan fingerprint density at radius 1 is 0.818 bits per heavy atom. The summed E-state index contributed by atoms with van der Waals surface area (Å²) >= 11 is 0. The minimum atomic E-state index is -1.02. The normalized spacial score (nSPS) is 31.3. The highest BCUT2D eigenvalue weighted by molar-refractivity contribution is 5.16. The van der Waals surface area contributed by atoms with Crippen molar-refractivity contribution in [1.29, 1.82) is 0 Å². The summed E-state index contributed by atoms with van der Waals surface area (Å²) in [5.41, 5.74) is 4.61. The lowest BCUT2D eigenvalue weighted by Crippen LogP contribution is -2.61. The van der Waals surface area contributed by atoms with Gasteiger partial charge in [-0.3, -0.25) is 0 Å². The second kappa shape index (κ2) is 14.5. The molecule has 0 bridgehead atoms. The average molecular weight is 599 g/mol. The minimum Gasteiger partial charge on any atom is -0.385 e. The molecule has 0 radical (unpaired) electrons. The average Bonchev–Trinajstić information content (AvgIpc) is 3.79. The summed E-state index contributed by atoms with van der Waals surface area (Å²) in [6.07, 6.45) is 1.02. The van der Waals surface area contributed by atoms with Crippen molar-refractivity contribution in [2.24, 2.45) is 17.3 Å². The zero-order valence-electron chi connectivity index (χ0n) is 25.8. The lowest BCUT2D eigenvalue weighted by Gasteiger charge is -2.44. The first-order valence-corrected chi connectivity index (χ1v) is 16.0. The van der Waals surface area contributed by atoms with E-state index in [9.17, 15) is 5.11 Å². The van der Waals surface area contributed by atoms with E-state index in [4.69, 9.17) is 23.7 Å². The van der Waals surface area contributed by atoms with Gasteiger partial charge in [-0.05, 0) is 66.5 Å². The molecule has 1 saturated heterocycles. The zero-order chi connectivity index (χ0) is 30.4. The lowest BCUT2D eigenvalue weighted by atomic mass is 9.79. The fourth-order valence-corrected chi connectivity index (χ4v) is 6.90. The molecule has 0 unspecified atom stereocenters. The first kappa shape index (κ1) is 31.2. The molecule has 1 aliphatic heterocycles. The van der Waals surface area contributed by atoms with Gasteiger partial charge in [0.05, 0.1) is 33.0 Å². The zero-order valence-corrected chi connectivity index (χ0v) is 25.8. The Morgan fingerprint density at radius 3 is 1.95 bits per heavy atom. The van der Waals surface area contributed by atoms with Crippen LogP contribution in [0.1, 0.15) is 49.3 Å². The van der Waals surface area contributed by atoms with Crippen molar-refractivity contribution >= 4 is 0 Å². The van der Waals surface area contributed by atoms with Crippen molar-refractivity contribution in [2.75, 3.05) is 13.2 Å². The van der Waals surface area contributed by atoms with Gasteiger partial charge in [-0.1, -0.05) is 103 Å². The molecule has 3 aromatic carbocycles. The third kappa shape index (κ3) is 7.68. The largest absolute Gasteiger partial charge is 0.385 e. The van der Waals surface area contributed by atoms with Crippen LogP contribution < -0.4 is 0 Å². The Bertz CT molecular complexity index is 1320. The van der Waals surface area contributed by atoms with Crippen LogP contribution in [-0.2, 0) is 43.5 Å². The molecule has 6 heteroatoms. The maximum absolute atomic E-state index is 11.7. The van der Waals surface area contributed by atoms with Crippen molar-refractivity contribution in [3.8, 4) is 0 Å². The molecule has 8 atom stereocenters. The van der Waals surface area contributed by atoms with Crippen molar-refractivity contribution in [1.82, 2.24) is 0 Å². The third-order valence-corrected chi connectivity index (χ3v) is 9.73. The molecule has 3 aliphatic rings. The fraction of sp³-hybridized carbons (Fsp3) is 0.474. The van der Waals surface area contributed by atoms with Crippen LogP contribution in [0.25, 0.3) is 0 Å². The Balaban J connectivity index is 1.18. The molecule has 3 fully saturated rings. The van der Waals surface area contributed by atoms with Crippen molar-refractivity contribution < 1.29 is 28.8 Å². The van der Waals surface area contributed by atoms with Gasteiger partial charge >= 0.3 is 0 Å². The highest BCUT2D eigenvalue weighted by atomic mass is 16.7. The standard InChI is InChI=1S/C38H46O6/c1-27(2)31-18-19-38(21-32(38)20-31)26-43-37-34(39)36(42-24-30-16-10-5-11-17-30)35(41-23-29-14-8-4-9-15-29)33(44-37)25-40-22-28-12-6-3-7-13-28/h3-17,31-37,39H,1,18-26H2,2H3/t31-,32-,33+,34+,35+,36+,37+,38+/m0/s1. The van der Waals surface area contributed by atoms with Gasteiger partial charge in [0.1, 0.15) is 24.4 Å². The highest BCUT2D eigenvalue weighted by Gasteiger charge is 2.57. The monoisotopic (exact) mass is 598 g/mol. The van der Waals surface area contributed by atoms with Gasteiger partial charge < -0.3 is 28.8 Å². The van der Waals surface area contributed by atoms with E-state index in [-0.39, 0.29) is 12.0 Å². The highest BCUT2D eigenvalue weighted by Crippen LogP contribution is 2.63. The van der Waals surface area contributed by atoms with E-state index in [1.807, 2.05) is 91.0 Å². The summed E-state index contributed by atoms with van der Waals surface area (Å²) in [6, 6.07) is 30.1. The molecule has 1 N–H and O–H groups in total. The quantitative estimate of drug-likeness (QED) is 0.205.